The molecule has 0 aliphatic heterocycles. The number of nitrogens with one attached hydrogen (secondary N) is 1. The Morgan fingerprint density at radius 1 is 1.07 bits per heavy atom. The van der Waals surface area contributed by atoms with Crippen molar-refractivity contribution < 1.29 is 9.53 Å². The lowest BCUT2D eigenvalue weighted by Crippen LogP contribution is -2.11. The Morgan fingerprint density at radius 2 is 1.89 bits per heavy atom. The van der Waals surface area contributed by atoms with Gasteiger partial charge in [-0.15, -0.1) is 10.2 Å². The molecule has 0 fully saturated rings. The van der Waals surface area contributed by atoms with Crippen molar-refractivity contribution in [3.63, 3.8) is 0 Å². The van der Waals surface area contributed by atoms with Gasteiger partial charge in [0.25, 0.3) is 5.91 Å². The topological polar surface area (TPSA) is 69.0 Å². The summed E-state index contributed by atoms with van der Waals surface area (Å²) in [6, 6.07) is 17.9. The fourth-order valence-corrected chi connectivity index (χ4v) is 3.37. The van der Waals surface area contributed by atoms with Gasteiger partial charge >= 0.3 is 0 Å². The van der Waals surface area contributed by atoms with E-state index >= 15 is 0 Å². The minimum Gasteiger partial charge on any atom is -0.495 e. The van der Waals surface area contributed by atoms with Gasteiger partial charge in [0, 0.05) is 15.7 Å². The summed E-state index contributed by atoms with van der Waals surface area (Å²) in [5.74, 6) is 0.384. The summed E-state index contributed by atoms with van der Waals surface area (Å²) in [5.41, 5.74) is 3.26. The molecule has 1 aromatic heterocycles. The fourth-order valence-electron chi connectivity index (χ4n) is 2.72. The molecule has 140 valence electrons. The third-order valence-corrected chi connectivity index (χ3v) is 4.88. The van der Waals surface area contributed by atoms with E-state index in [4.69, 9.17) is 16.3 Å². The van der Waals surface area contributed by atoms with Crippen LogP contribution in [0.15, 0.2) is 65.1 Å². The maximum atomic E-state index is 12.4. The highest BCUT2D eigenvalue weighted by Crippen LogP contribution is 2.27. The van der Waals surface area contributed by atoms with Gasteiger partial charge in [-0.2, -0.15) is 4.80 Å². The van der Waals surface area contributed by atoms with E-state index in [2.05, 4.69) is 31.4 Å². The molecule has 1 heterocycles. The Bertz CT molecular complexity index is 1190. The second kappa shape index (κ2) is 7.61. The van der Waals surface area contributed by atoms with Crippen molar-refractivity contribution in [1.82, 2.24) is 15.0 Å². The van der Waals surface area contributed by atoms with Crippen molar-refractivity contribution >= 4 is 50.2 Å². The number of hydrogen-bond acceptors (Lipinski definition) is 4. The zero-order valence-corrected chi connectivity index (χ0v) is 17.0. The molecule has 0 unspecified atom stereocenters. The van der Waals surface area contributed by atoms with Crippen LogP contribution in [0.4, 0.5) is 5.69 Å². The first kappa shape index (κ1) is 18.5. The lowest BCUT2D eigenvalue weighted by molar-refractivity contribution is 0.102. The maximum absolute atomic E-state index is 12.4. The average molecular weight is 458 g/mol. The van der Waals surface area contributed by atoms with Gasteiger partial charge in [-0.3, -0.25) is 4.79 Å². The monoisotopic (exact) mass is 456 g/mol. The van der Waals surface area contributed by atoms with Crippen LogP contribution in [-0.2, 0) is 0 Å². The molecule has 3 aromatic carbocycles. The number of ether oxygens (including phenoxy) is 1. The Morgan fingerprint density at radius 3 is 2.64 bits per heavy atom. The van der Waals surface area contributed by atoms with Gasteiger partial charge in [-0.05, 0) is 54.6 Å². The number of fused-ring (bicyclic) bond motifs is 1. The van der Waals surface area contributed by atoms with Crippen molar-refractivity contribution in [1.29, 1.82) is 0 Å². The number of methoxy groups -OCH3 is 1. The van der Waals surface area contributed by atoms with Gasteiger partial charge < -0.3 is 10.1 Å². The van der Waals surface area contributed by atoms with Crippen LogP contribution in [0, 0.1) is 0 Å². The van der Waals surface area contributed by atoms with Crippen molar-refractivity contribution in [3.8, 4) is 11.4 Å². The summed E-state index contributed by atoms with van der Waals surface area (Å²) in [5, 5.41) is 12.3. The van der Waals surface area contributed by atoms with Crippen LogP contribution in [0.1, 0.15) is 10.4 Å². The Kier molecular flexibility index (Phi) is 5.02. The normalized spacial score (nSPS) is 10.8. The summed E-state index contributed by atoms with van der Waals surface area (Å²) in [4.78, 5) is 13.9. The minimum atomic E-state index is -0.199. The summed E-state index contributed by atoms with van der Waals surface area (Å²) >= 11 is 9.55. The van der Waals surface area contributed by atoms with Gasteiger partial charge in [0.15, 0.2) is 0 Å². The number of amides is 1. The number of benzene rings is 3. The average Bonchev–Trinajstić information content (AvgIpc) is 3.11. The van der Waals surface area contributed by atoms with Crippen molar-refractivity contribution in [2.24, 2.45) is 0 Å². The maximum Gasteiger partial charge on any atom is 0.255 e. The van der Waals surface area contributed by atoms with Gasteiger partial charge in [0.1, 0.15) is 16.8 Å². The fraction of sp³-hybridized carbons (Fsp3) is 0.0500. The predicted octanol–water partition coefficient (Wildman–Crippen LogP) is 5.10. The highest BCUT2D eigenvalue weighted by molar-refractivity contribution is 9.10. The number of rotatable bonds is 4. The Labute approximate surface area is 174 Å². The highest BCUT2D eigenvalue weighted by Gasteiger charge is 2.11. The summed E-state index contributed by atoms with van der Waals surface area (Å²) < 4.78 is 6.01. The molecule has 4 aromatic rings. The van der Waals surface area contributed by atoms with E-state index in [-0.39, 0.29) is 5.91 Å². The van der Waals surface area contributed by atoms with E-state index in [1.54, 1.807) is 49.6 Å². The Balaban J connectivity index is 1.61. The molecule has 0 bridgehead atoms. The van der Waals surface area contributed by atoms with Gasteiger partial charge in [0.05, 0.1) is 17.8 Å². The van der Waals surface area contributed by atoms with Crippen molar-refractivity contribution in [2.75, 3.05) is 12.4 Å². The van der Waals surface area contributed by atoms with Gasteiger partial charge in [-0.25, -0.2) is 0 Å². The zero-order valence-electron chi connectivity index (χ0n) is 14.7. The molecule has 0 atom stereocenters. The van der Waals surface area contributed by atoms with E-state index in [9.17, 15) is 4.79 Å². The van der Waals surface area contributed by atoms with Crippen LogP contribution in [0.2, 0.25) is 5.02 Å². The quantitative estimate of drug-likeness (QED) is 0.463. The van der Waals surface area contributed by atoms with Gasteiger partial charge in [0.2, 0.25) is 0 Å². The number of anilines is 1. The standard InChI is InChI=1S/C20H14BrClN4O2/c1-28-19-8-6-15(11-16(19)22)26-24-17-7-5-14(10-18(17)25-26)23-20(27)12-3-2-4-13(21)9-12/h2-11H,1H3,(H,23,27). The molecule has 0 saturated carbocycles. The molecule has 4 rings (SSSR count). The molecule has 1 amide bonds. The van der Waals surface area contributed by atoms with Crippen molar-refractivity contribution in [3.05, 3.63) is 75.7 Å². The minimum absolute atomic E-state index is 0.199. The van der Waals surface area contributed by atoms with Gasteiger partial charge in [-0.1, -0.05) is 33.6 Å². The molecule has 6 nitrogen and oxygen atoms in total. The second-order valence-electron chi connectivity index (χ2n) is 5.98. The summed E-state index contributed by atoms with van der Waals surface area (Å²) in [6.45, 7) is 0. The number of carbonyl (C=O) groups excluding carboxylic acids is 1. The third kappa shape index (κ3) is 3.72. The van der Waals surface area contributed by atoms with Crippen LogP contribution in [-0.4, -0.2) is 28.0 Å². The summed E-state index contributed by atoms with van der Waals surface area (Å²) in [6.07, 6.45) is 0. The van der Waals surface area contributed by atoms with E-state index in [1.165, 1.54) is 4.80 Å². The number of aromatic nitrogens is 3. The zero-order chi connectivity index (χ0) is 19.7. The van der Waals surface area contributed by atoms with Crippen LogP contribution >= 0.6 is 27.5 Å². The van der Waals surface area contributed by atoms with E-state index < -0.39 is 0 Å². The number of carbonyl (C=O) groups is 1. The molecule has 0 radical (unpaired) electrons. The first-order valence-electron chi connectivity index (χ1n) is 8.31. The molecule has 0 saturated heterocycles. The molecule has 28 heavy (non-hydrogen) atoms. The third-order valence-electron chi connectivity index (χ3n) is 4.09. The molecule has 8 heteroatoms. The lowest BCUT2D eigenvalue weighted by Gasteiger charge is -2.05. The lowest BCUT2D eigenvalue weighted by atomic mass is 10.2. The molecule has 0 aliphatic rings. The van der Waals surface area contributed by atoms with Crippen LogP contribution in [0.5, 0.6) is 5.75 Å². The molecule has 0 aliphatic carbocycles. The first-order valence-corrected chi connectivity index (χ1v) is 9.48. The van der Waals surface area contributed by atoms with Crippen LogP contribution in [0.3, 0.4) is 0 Å². The van der Waals surface area contributed by atoms with Crippen LogP contribution in [0.25, 0.3) is 16.7 Å². The largest absolute Gasteiger partial charge is 0.495 e. The van der Waals surface area contributed by atoms with E-state index in [0.717, 1.165) is 4.47 Å². The molecular weight excluding hydrogens is 444 g/mol. The second-order valence-corrected chi connectivity index (χ2v) is 7.30. The Hall–Kier alpha value is -2.90. The first-order chi connectivity index (χ1) is 13.5. The molecule has 1 N–H and O–H groups in total. The SMILES string of the molecule is COc1ccc(-n2nc3ccc(NC(=O)c4cccc(Br)c4)cc3n2)cc1Cl. The van der Waals surface area contributed by atoms with E-state index in [1.807, 2.05) is 18.2 Å². The number of halogens is 2. The smallest absolute Gasteiger partial charge is 0.255 e. The van der Waals surface area contributed by atoms with Crippen molar-refractivity contribution in [2.45, 2.75) is 0 Å². The van der Waals surface area contributed by atoms with E-state index in [0.29, 0.717) is 38.7 Å². The molecular formula is C20H14BrClN4O2. The number of hydrogen-bond donors (Lipinski definition) is 1. The summed E-state index contributed by atoms with van der Waals surface area (Å²) in [7, 11) is 1.56. The highest BCUT2D eigenvalue weighted by atomic mass is 79.9. The molecule has 0 spiro atoms. The predicted molar refractivity (Wildman–Crippen MR) is 113 cm³/mol. The van der Waals surface area contributed by atoms with Crippen LogP contribution < -0.4 is 10.1 Å². The number of nitrogens with zero attached hydrogens (tertiary/aromatic N) is 3.